The molecule has 0 aliphatic carbocycles. The van der Waals surface area contributed by atoms with Crippen molar-refractivity contribution < 1.29 is 22.8 Å². The lowest BCUT2D eigenvalue weighted by molar-refractivity contribution is -0.135. The summed E-state index contributed by atoms with van der Waals surface area (Å²) in [6.07, 6.45) is 1.71. The van der Waals surface area contributed by atoms with Crippen molar-refractivity contribution in [3.63, 3.8) is 0 Å². The van der Waals surface area contributed by atoms with Crippen molar-refractivity contribution in [3.05, 3.63) is 35.6 Å². The van der Waals surface area contributed by atoms with E-state index >= 15 is 0 Å². The minimum Gasteiger partial charge on any atom is -0.496 e. The molecule has 0 N–H and O–H groups in total. The van der Waals surface area contributed by atoms with E-state index in [9.17, 15) is 8.78 Å². The van der Waals surface area contributed by atoms with Crippen LogP contribution in [0.1, 0.15) is 30.2 Å². The van der Waals surface area contributed by atoms with Gasteiger partial charge in [0.15, 0.2) is 0 Å². The van der Waals surface area contributed by atoms with Gasteiger partial charge in [0.1, 0.15) is 22.9 Å². The molecule has 4 rings (SSSR count). The quantitative estimate of drug-likeness (QED) is 0.377. The van der Waals surface area contributed by atoms with Crippen LogP contribution in [0.2, 0.25) is 0 Å². The van der Waals surface area contributed by atoms with Gasteiger partial charge in [0.2, 0.25) is 0 Å². The van der Waals surface area contributed by atoms with Crippen LogP contribution >= 0.6 is 0 Å². The largest absolute Gasteiger partial charge is 0.496 e. The van der Waals surface area contributed by atoms with Gasteiger partial charge < -0.3 is 23.5 Å². The van der Waals surface area contributed by atoms with Crippen LogP contribution in [0.25, 0.3) is 33.1 Å². The number of methoxy groups -OCH3 is 1. The van der Waals surface area contributed by atoms with E-state index in [4.69, 9.17) is 14.2 Å². The number of fused-ring (bicyclic) bond motifs is 3. The molecule has 0 bridgehead atoms. The molecule has 10 heteroatoms. The van der Waals surface area contributed by atoms with Crippen LogP contribution in [0.5, 0.6) is 5.75 Å². The third-order valence-corrected chi connectivity index (χ3v) is 5.57. The molecular weight excluding hydrogens is 432 g/mol. The highest BCUT2D eigenvalue weighted by Crippen LogP contribution is 2.39. The molecule has 0 spiro atoms. The summed E-state index contributed by atoms with van der Waals surface area (Å²) in [7, 11) is 5.46. The number of rotatable bonds is 8. The fraction of sp³-hybridized carbons (Fsp3) is 0.435. The first kappa shape index (κ1) is 23.1. The number of imidazole rings is 1. The maximum absolute atomic E-state index is 12.8. The predicted octanol–water partition coefficient (Wildman–Crippen LogP) is 4.73. The number of hydrogen-bond donors (Lipinski definition) is 0. The SMILES string of the molecule is COc1cc2c(cc1-c1c(C)noc1C)ncc1nc(CN(C)C)n([C@@H](C)COC(F)F)c12. The molecule has 176 valence electrons. The van der Waals surface area contributed by atoms with Gasteiger partial charge >= 0.3 is 6.61 Å². The highest BCUT2D eigenvalue weighted by Gasteiger charge is 2.23. The van der Waals surface area contributed by atoms with E-state index in [1.165, 1.54) is 0 Å². The molecule has 0 aliphatic heterocycles. The molecule has 0 fully saturated rings. The van der Waals surface area contributed by atoms with Crippen LogP contribution in [0.15, 0.2) is 22.9 Å². The number of hydrogen-bond acceptors (Lipinski definition) is 7. The molecule has 4 aromatic rings. The van der Waals surface area contributed by atoms with Crippen molar-refractivity contribution in [1.82, 2.24) is 24.6 Å². The van der Waals surface area contributed by atoms with Crippen LogP contribution in [-0.4, -0.2) is 59.0 Å². The Morgan fingerprint density at radius 3 is 2.55 bits per heavy atom. The summed E-state index contributed by atoms with van der Waals surface area (Å²) < 4.78 is 43.2. The fourth-order valence-corrected chi connectivity index (χ4v) is 4.24. The maximum atomic E-state index is 12.8. The van der Waals surface area contributed by atoms with Crippen molar-refractivity contribution in [1.29, 1.82) is 0 Å². The summed E-state index contributed by atoms with van der Waals surface area (Å²) in [6, 6.07) is 3.46. The van der Waals surface area contributed by atoms with Gasteiger partial charge in [-0.25, -0.2) is 4.98 Å². The standard InChI is InChI=1S/C23H27F2N5O3/c1-12(11-32-23(24)25)30-20(10-29(4)5)27-18-9-26-17-7-16(21-13(2)28-33-14(21)3)19(31-6)8-15(17)22(18)30/h7-9,12,23H,10-11H2,1-6H3/t12-/m0/s1. The smallest absolute Gasteiger partial charge is 0.345 e. The van der Waals surface area contributed by atoms with Crippen LogP contribution in [-0.2, 0) is 11.3 Å². The summed E-state index contributed by atoms with van der Waals surface area (Å²) in [5.74, 6) is 2.05. The summed E-state index contributed by atoms with van der Waals surface area (Å²) in [6.45, 7) is 3.10. The predicted molar refractivity (Wildman–Crippen MR) is 121 cm³/mol. The van der Waals surface area contributed by atoms with Crippen molar-refractivity contribution in [2.75, 3.05) is 27.8 Å². The zero-order chi connectivity index (χ0) is 23.9. The molecule has 0 saturated heterocycles. The minimum atomic E-state index is -2.84. The summed E-state index contributed by atoms with van der Waals surface area (Å²) >= 11 is 0. The van der Waals surface area contributed by atoms with Gasteiger partial charge in [0, 0.05) is 10.9 Å². The third-order valence-electron chi connectivity index (χ3n) is 5.57. The maximum Gasteiger partial charge on any atom is 0.345 e. The average Bonchev–Trinajstić information content (AvgIpc) is 3.29. The van der Waals surface area contributed by atoms with Crippen molar-refractivity contribution in [3.8, 4) is 16.9 Å². The molecule has 1 atom stereocenters. The van der Waals surface area contributed by atoms with Gasteiger partial charge in [0.05, 0.1) is 54.8 Å². The van der Waals surface area contributed by atoms with E-state index in [0.29, 0.717) is 23.6 Å². The van der Waals surface area contributed by atoms with E-state index in [0.717, 1.165) is 39.1 Å². The minimum absolute atomic E-state index is 0.151. The lowest BCUT2D eigenvalue weighted by atomic mass is 10.0. The number of aryl methyl sites for hydroxylation is 2. The molecule has 0 amide bonds. The van der Waals surface area contributed by atoms with Crippen molar-refractivity contribution >= 4 is 21.9 Å². The summed E-state index contributed by atoms with van der Waals surface area (Å²) in [5.41, 5.74) is 4.62. The van der Waals surface area contributed by atoms with Gasteiger partial charge in [0.25, 0.3) is 0 Å². The van der Waals surface area contributed by atoms with Crippen molar-refractivity contribution in [2.24, 2.45) is 0 Å². The fourth-order valence-electron chi connectivity index (χ4n) is 4.24. The first-order valence-corrected chi connectivity index (χ1v) is 10.6. The number of benzene rings is 1. The van der Waals surface area contributed by atoms with Gasteiger partial charge in [-0.05, 0) is 47.0 Å². The van der Waals surface area contributed by atoms with Crippen LogP contribution in [0.3, 0.4) is 0 Å². The second-order valence-electron chi connectivity index (χ2n) is 8.34. The lowest BCUT2D eigenvalue weighted by Crippen LogP contribution is -2.20. The highest BCUT2D eigenvalue weighted by molar-refractivity contribution is 6.05. The molecule has 8 nitrogen and oxygen atoms in total. The monoisotopic (exact) mass is 459 g/mol. The summed E-state index contributed by atoms with van der Waals surface area (Å²) in [4.78, 5) is 11.4. The lowest BCUT2D eigenvalue weighted by Gasteiger charge is -2.20. The zero-order valence-corrected chi connectivity index (χ0v) is 19.5. The van der Waals surface area contributed by atoms with E-state index in [1.54, 1.807) is 13.3 Å². The number of alkyl halides is 2. The van der Waals surface area contributed by atoms with Crippen LogP contribution < -0.4 is 4.74 Å². The Bertz CT molecular complexity index is 1280. The molecule has 33 heavy (non-hydrogen) atoms. The van der Waals surface area contributed by atoms with E-state index < -0.39 is 6.61 Å². The number of halogens is 2. The number of aromatic nitrogens is 4. The zero-order valence-electron chi connectivity index (χ0n) is 19.5. The van der Waals surface area contributed by atoms with Crippen LogP contribution in [0.4, 0.5) is 8.78 Å². The summed E-state index contributed by atoms with van der Waals surface area (Å²) in [5, 5.41) is 4.86. The Kier molecular flexibility index (Phi) is 6.31. The van der Waals surface area contributed by atoms with E-state index in [1.807, 2.05) is 56.5 Å². The number of pyridine rings is 1. The van der Waals surface area contributed by atoms with Gasteiger partial charge in [-0.15, -0.1) is 0 Å². The molecule has 0 saturated carbocycles. The molecule has 3 aromatic heterocycles. The Balaban J connectivity index is 1.98. The molecule has 0 unspecified atom stereocenters. The highest BCUT2D eigenvalue weighted by atomic mass is 19.3. The van der Waals surface area contributed by atoms with Crippen molar-refractivity contribution in [2.45, 2.75) is 40.0 Å². The second-order valence-corrected chi connectivity index (χ2v) is 8.34. The Morgan fingerprint density at radius 1 is 1.18 bits per heavy atom. The molecule has 1 aromatic carbocycles. The third kappa shape index (κ3) is 4.28. The second kappa shape index (κ2) is 9.03. The van der Waals surface area contributed by atoms with Crippen LogP contribution in [0, 0.1) is 13.8 Å². The average molecular weight is 459 g/mol. The Morgan fingerprint density at radius 2 is 1.94 bits per heavy atom. The van der Waals surface area contributed by atoms with E-state index in [2.05, 4.69) is 14.9 Å². The topological polar surface area (TPSA) is 78.4 Å². The molecule has 0 aliphatic rings. The van der Waals surface area contributed by atoms with Gasteiger partial charge in [-0.1, -0.05) is 5.16 Å². The Labute approximate surface area is 190 Å². The molecular formula is C23H27F2N5O3. The van der Waals surface area contributed by atoms with E-state index in [-0.39, 0.29) is 12.6 Å². The number of nitrogens with zero attached hydrogens (tertiary/aromatic N) is 5. The van der Waals surface area contributed by atoms with Gasteiger partial charge in [-0.2, -0.15) is 8.78 Å². The van der Waals surface area contributed by atoms with Gasteiger partial charge in [-0.3, -0.25) is 4.98 Å². The first-order chi connectivity index (χ1) is 15.7. The molecule has 3 heterocycles. The first-order valence-electron chi connectivity index (χ1n) is 10.6. The number of ether oxygens (including phenoxy) is 2. The normalized spacial score (nSPS) is 13.0. The molecule has 0 radical (unpaired) electrons. The Hall–Kier alpha value is -3.11.